The summed E-state index contributed by atoms with van der Waals surface area (Å²) >= 11 is 0. The summed E-state index contributed by atoms with van der Waals surface area (Å²) in [5, 5.41) is 1.40. The molecule has 1 heterocycles. The number of methoxy groups -OCH3 is 2. The Kier molecular flexibility index (Phi) is 4.51. The average molecular weight is 297 g/mol. The van der Waals surface area contributed by atoms with Crippen LogP contribution in [0, 0.1) is 6.92 Å². The number of aryl methyl sites for hydroxylation is 1. The molecular weight excluding hydrogens is 278 g/mol. The number of benzene rings is 1. The fourth-order valence-electron chi connectivity index (χ4n) is 2.39. The van der Waals surface area contributed by atoms with E-state index in [0.717, 1.165) is 10.9 Å². The van der Waals surface area contributed by atoms with Crippen molar-refractivity contribution in [1.82, 2.24) is 4.57 Å². The van der Waals surface area contributed by atoms with Crippen molar-refractivity contribution < 1.29 is 9.47 Å². The fraction of sp³-hybridized carbons (Fsp3) is 0.167. The maximum absolute atomic E-state index is 12.8. The summed E-state index contributed by atoms with van der Waals surface area (Å²) < 4.78 is 12.1. The molecule has 0 spiro atoms. The molecule has 0 aliphatic heterocycles. The van der Waals surface area contributed by atoms with Crippen LogP contribution in [0.5, 0.6) is 11.5 Å². The zero-order valence-corrected chi connectivity index (χ0v) is 13.1. The Morgan fingerprint density at radius 3 is 2.23 bits per heavy atom. The molecule has 0 amide bonds. The van der Waals surface area contributed by atoms with E-state index < -0.39 is 0 Å². The van der Waals surface area contributed by atoms with Gasteiger partial charge in [-0.2, -0.15) is 0 Å². The monoisotopic (exact) mass is 297 g/mol. The first-order valence-electron chi connectivity index (χ1n) is 6.80. The second kappa shape index (κ2) is 6.35. The predicted octanol–water partition coefficient (Wildman–Crippen LogP) is 3.54. The highest BCUT2D eigenvalue weighted by atomic mass is 16.5. The van der Waals surface area contributed by atoms with Gasteiger partial charge in [-0.25, -0.2) is 0 Å². The molecule has 4 heteroatoms. The van der Waals surface area contributed by atoms with Gasteiger partial charge in [0, 0.05) is 11.9 Å². The molecule has 0 fully saturated rings. The lowest BCUT2D eigenvalue weighted by molar-refractivity contribution is 0.356. The van der Waals surface area contributed by atoms with Crippen LogP contribution in [0.15, 0.2) is 54.5 Å². The summed E-state index contributed by atoms with van der Waals surface area (Å²) in [6, 6.07) is 3.52. The van der Waals surface area contributed by atoms with E-state index in [2.05, 4.69) is 13.2 Å². The standard InChI is InChI=1S/C18H19NO3/c1-6-8-13(7-2)19-11-12(3)14-9-16(21-4)17(22-5)10-15(14)18(19)20/h6-11H,1-2H2,3-5H3/b13-8+. The first-order valence-corrected chi connectivity index (χ1v) is 6.80. The Morgan fingerprint density at radius 2 is 1.73 bits per heavy atom. The number of ether oxygens (including phenoxy) is 2. The van der Waals surface area contributed by atoms with Crippen LogP contribution >= 0.6 is 0 Å². The van der Waals surface area contributed by atoms with E-state index in [1.54, 1.807) is 49.3 Å². The molecule has 0 unspecified atom stereocenters. The lowest BCUT2D eigenvalue weighted by atomic mass is 10.1. The van der Waals surface area contributed by atoms with Crippen LogP contribution in [0.25, 0.3) is 16.5 Å². The van der Waals surface area contributed by atoms with Crippen molar-refractivity contribution in [2.24, 2.45) is 0 Å². The minimum Gasteiger partial charge on any atom is -0.493 e. The predicted molar refractivity (Wildman–Crippen MR) is 90.7 cm³/mol. The van der Waals surface area contributed by atoms with Gasteiger partial charge in [0.25, 0.3) is 5.56 Å². The van der Waals surface area contributed by atoms with Crippen molar-refractivity contribution in [2.45, 2.75) is 6.92 Å². The quantitative estimate of drug-likeness (QED) is 0.793. The number of pyridine rings is 1. The molecule has 1 aromatic carbocycles. The van der Waals surface area contributed by atoms with Gasteiger partial charge in [0.2, 0.25) is 0 Å². The molecule has 0 saturated heterocycles. The smallest absolute Gasteiger partial charge is 0.263 e. The zero-order chi connectivity index (χ0) is 16.3. The van der Waals surface area contributed by atoms with Crippen molar-refractivity contribution in [1.29, 1.82) is 0 Å². The molecule has 22 heavy (non-hydrogen) atoms. The van der Waals surface area contributed by atoms with Crippen molar-refractivity contribution >= 4 is 16.5 Å². The van der Waals surface area contributed by atoms with Gasteiger partial charge in [0.05, 0.1) is 19.6 Å². The second-order valence-electron chi connectivity index (χ2n) is 4.77. The number of nitrogens with zero attached hydrogens (tertiary/aromatic N) is 1. The lowest BCUT2D eigenvalue weighted by Gasteiger charge is -2.13. The van der Waals surface area contributed by atoms with Gasteiger partial charge in [-0.15, -0.1) is 0 Å². The number of rotatable bonds is 5. The van der Waals surface area contributed by atoms with Crippen LogP contribution in [0.2, 0.25) is 0 Å². The molecule has 0 bridgehead atoms. The molecule has 4 nitrogen and oxygen atoms in total. The minimum atomic E-state index is -0.144. The average Bonchev–Trinajstić information content (AvgIpc) is 2.54. The number of hydrogen-bond acceptors (Lipinski definition) is 3. The van der Waals surface area contributed by atoms with E-state index in [1.807, 2.05) is 13.0 Å². The maximum Gasteiger partial charge on any atom is 0.263 e. The summed E-state index contributed by atoms with van der Waals surface area (Å²) in [7, 11) is 3.12. The van der Waals surface area contributed by atoms with Gasteiger partial charge in [0.1, 0.15) is 0 Å². The maximum atomic E-state index is 12.8. The SMILES string of the molecule is C=C/C=C(\C=C)n1cc(C)c2cc(OC)c(OC)cc2c1=O. The van der Waals surface area contributed by atoms with Gasteiger partial charge in [-0.1, -0.05) is 19.2 Å². The first-order chi connectivity index (χ1) is 10.6. The van der Waals surface area contributed by atoms with Gasteiger partial charge < -0.3 is 9.47 Å². The van der Waals surface area contributed by atoms with Crippen molar-refractivity contribution in [2.75, 3.05) is 14.2 Å². The molecule has 0 aliphatic carbocycles. The van der Waals surface area contributed by atoms with Gasteiger partial charge >= 0.3 is 0 Å². The van der Waals surface area contributed by atoms with Crippen LogP contribution in [0.1, 0.15) is 5.56 Å². The highest BCUT2D eigenvalue weighted by Gasteiger charge is 2.13. The van der Waals surface area contributed by atoms with E-state index in [9.17, 15) is 4.79 Å². The summed E-state index contributed by atoms with van der Waals surface area (Å²) in [6.45, 7) is 9.35. The summed E-state index contributed by atoms with van der Waals surface area (Å²) in [6.07, 6.45) is 6.76. The second-order valence-corrected chi connectivity index (χ2v) is 4.77. The highest BCUT2D eigenvalue weighted by Crippen LogP contribution is 2.32. The fourth-order valence-corrected chi connectivity index (χ4v) is 2.39. The van der Waals surface area contributed by atoms with Crippen LogP contribution in [0.3, 0.4) is 0 Å². The van der Waals surface area contributed by atoms with E-state index in [4.69, 9.17) is 9.47 Å². The molecule has 2 aromatic rings. The largest absolute Gasteiger partial charge is 0.493 e. The summed E-state index contributed by atoms with van der Waals surface area (Å²) in [5.74, 6) is 1.12. The van der Waals surface area contributed by atoms with E-state index in [-0.39, 0.29) is 5.56 Å². The normalized spacial score (nSPS) is 11.3. The molecule has 0 atom stereocenters. The Labute approximate surface area is 129 Å². The molecule has 1 aromatic heterocycles. The molecule has 0 aliphatic rings. The first kappa shape index (κ1) is 15.6. The topological polar surface area (TPSA) is 40.5 Å². The molecule has 0 saturated carbocycles. The third-order valence-electron chi connectivity index (χ3n) is 3.50. The lowest BCUT2D eigenvalue weighted by Crippen LogP contribution is -2.19. The molecule has 2 rings (SSSR count). The Balaban J connectivity index is 2.88. The van der Waals surface area contributed by atoms with E-state index in [0.29, 0.717) is 22.6 Å². The van der Waals surface area contributed by atoms with Gasteiger partial charge in [-0.3, -0.25) is 9.36 Å². The number of aromatic nitrogens is 1. The van der Waals surface area contributed by atoms with Crippen LogP contribution in [0.4, 0.5) is 0 Å². The van der Waals surface area contributed by atoms with Crippen LogP contribution in [-0.4, -0.2) is 18.8 Å². The minimum absolute atomic E-state index is 0.144. The van der Waals surface area contributed by atoms with Crippen LogP contribution in [-0.2, 0) is 0 Å². The zero-order valence-electron chi connectivity index (χ0n) is 13.1. The van der Waals surface area contributed by atoms with Crippen molar-refractivity contribution in [3.8, 4) is 11.5 Å². The van der Waals surface area contributed by atoms with Crippen LogP contribution < -0.4 is 15.0 Å². The number of allylic oxidation sites excluding steroid dienone is 4. The Hall–Kier alpha value is -2.75. The molecular formula is C18H19NO3. The van der Waals surface area contributed by atoms with Crippen molar-refractivity contribution in [3.63, 3.8) is 0 Å². The van der Waals surface area contributed by atoms with Gasteiger partial charge in [0.15, 0.2) is 11.5 Å². The third-order valence-corrected chi connectivity index (χ3v) is 3.50. The van der Waals surface area contributed by atoms with Gasteiger partial charge in [-0.05, 0) is 42.2 Å². The highest BCUT2D eigenvalue weighted by molar-refractivity contribution is 5.88. The number of fused-ring (bicyclic) bond motifs is 1. The third kappa shape index (κ3) is 2.55. The molecule has 114 valence electrons. The Morgan fingerprint density at radius 1 is 1.14 bits per heavy atom. The van der Waals surface area contributed by atoms with E-state index in [1.165, 1.54) is 0 Å². The van der Waals surface area contributed by atoms with Crippen molar-refractivity contribution in [3.05, 3.63) is 65.6 Å². The molecule has 0 N–H and O–H groups in total. The Bertz CT molecular complexity index is 828. The molecule has 0 radical (unpaired) electrons. The summed E-state index contributed by atoms with van der Waals surface area (Å²) in [5.41, 5.74) is 1.47. The number of hydrogen-bond donors (Lipinski definition) is 0. The summed E-state index contributed by atoms with van der Waals surface area (Å²) in [4.78, 5) is 12.8. The van der Waals surface area contributed by atoms with E-state index >= 15 is 0 Å².